The number of hydrogen-bond donors (Lipinski definition) is 3. The average molecular weight is 310 g/mol. The average Bonchev–Trinajstić information content (AvgIpc) is 2.89. The van der Waals surface area contributed by atoms with Gasteiger partial charge in [0.25, 0.3) is 0 Å². The van der Waals surface area contributed by atoms with Crippen LogP contribution in [0.1, 0.15) is 17.0 Å². The minimum absolute atomic E-state index is 0.0894. The van der Waals surface area contributed by atoms with Crippen LogP contribution in [0.5, 0.6) is 0 Å². The fourth-order valence-corrected chi connectivity index (χ4v) is 3.06. The molecule has 0 amide bonds. The molecule has 1 heterocycles. The van der Waals surface area contributed by atoms with Gasteiger partial charge in [0.1, 0.15) is 10.8 Å². The fraction of sp³-hybridized carbons (Fsp3) is 0.167. The highest BCUT2D eigenvalue weighted by molar-refractivity contribution is 7.89. The van der Waals surface area contributed by atoms with Crippen LogP contribution >= 0.6 is 12.2 Å². The Labute approximate surface area is 122 Å². The first-order chi connectivity index (χ1) is 9.40. The number of nitrogens with one attached hydrogen (secondary N) is 2. The van der Waals surface area contributed by atoms with Gasteiger partial charge in [-0.3, -0.25) is 0 Å². The Balaban J connectivity index is 2.28. The summed E-state index contributed by atoms with van der Waals surface area (Å²) < 4.78 is 27.1. The molecule has 0 spiro atoms. The van der Waals surface area contributed by atoms with Crippen molar-refractivity contribution in [1.29, 1.82) is 0 Å². The van der Waals surface area contributed by atoms with Crippen molar-refractivity contribution in [2.45, 2.75) is 18.4 Å². The summed E-state index contributed by atoms with van der Waals surface area (Å²) >= 11 is 4.86. The first-order valence-electron chi connectivity index (χ1n) is 5.78. The molecule has 106 valence electrons. The number of nitrogens with zero attached hydrogens (tertiary/aromatic N) is 1. The molecule has 0 unspecified atom stereocenters. The van der Waals surface area contributed by atoms with E-state index in [9.17, 15) is 8.42 Å². The molecule has 0 atom stereocenters. The van der Waals surface area contributed by atoms with E-state index in [1.807, 2.05) is 0 Å². The Hall–Kier alpha value is -1.77. The van der Waals surface area contributed by atoms with Crippen LogP contribution in [0.2, 0.25) is 0 Å². The first kappa shape index (κ1) is 14.6. The highest BCUT2D eigenvalue weighted by Crippen LogP contribution is 2.17. The molecular formula is C12H14N4O2S2. The van der Waals surface area contributed by atoms with Crippen LogP contribution in [0.25, 0.3) is 0 Å². The zero-order chi connectivity index (χ0) is 14.8. The zero-order valence-corrected chi connectivity index (χ0v) is 12.4. The fourth-order valence-electron chi connectivity index (χ4n) is 1.68. The van der Waals surface area contributed by atoms with Gasteiger partial charge >= 0.3 is 0 Å². The monoisotopic (exact) mass is 310 g/mol. The number of H-pyrrole nitrogens is 1. The molecule has 4 N–H and O–H groups in total. The second kappa shape index (κ2) is 5.70. The molecule has 1 aromatic heterocycles. The lowest BCUT2D eigenvalue weighted by Gasteiger charge is -2.10. The van der Waals surface area contributed by atoms with Crippen LogP contribution in [0.3, 0.4) is 0 Å². The summed E-state index contributed by atoms with van der Waals surface area (Å²) in [6.45, 7) is 1.80. The van der Waals surface area contributed by atoms with Gasteiger partial charge in [-0.25, -0.2) is 18.1 Å². The Morgan fingerprint density at radius 1 is 1.50 bits per heavy atom. The third-order valence-electron chi connectivity index (χ3n) is 2.75. The van der Waals surface area contributed by atoms with Gasteiger partial charge in [-0.1, -0.05) is 24.4 Å². The quantitative estimate of drug-likeness (QED) is 0.710. The van der Waals surface area contributed by atoms with Crippen molar-refractivity contribution in [3.8, 4) is 0 Å². The predicted octanol–water partition coefficient (Wildman–Crippen LogP) is 0.831. The summed E-state index contributed by atoms with van der Waals surface area (Å²) in [6, 6.07) is 4.85. The third-order valence-corrected chi connectivity index (χ3v) is 4.53. The summed E-state index contributed by atoms with van der Waals surface area (Å²) in [5.41, 5.74) is 6.67. The largest absolute Gasteiger partial charge is 0.389 e. The molecule has 0 saturated carbocycles. The number of benzene rings is 1. The second-order valence-electron chi connectivity index (χ2n) is 4.20. The van der Waals surface area contributed by atoms with Gasteiger partial charge in [-0.2, -0.15) is 0 Å². The molecule has 6 nitrogen and oxygen atoms in total. The van der Waals surface area contributed by atoms with E-state index in [2.05, 4.69) is 14.7 Å². The Bertz CT molecular complexity index is 724. The lowest BCUT2D eigenvalue weighted by atomic mass is 10.1. The number of rotatable bonds is 5. The van der Waals surface area contributed by atoms with E-state index in [4.69, 9.17) is 18.0 Å². The van der Waals surface area contributed by atoms with Crippen molar-refractivity contribution < 1.29 is 8.42 Å². The molecule has 0 fully saturated rings. The highest BCUT2D eigenvalue weighted by Gasteiger charge is 2.18. The maximum absolute atomic E-state index is 12.3. The molecule has 0 aliphatic heterocycles. The van der Waals surface area contributed by atoms with Crippen LogP contribution in [0.4, 0.5) is 0 Å². The summed E-state index contributed by atoms with van der Waals surface area (Å²) in [4.78, 5) is 7.11. The molecule has 1 aromatic carbocycles. The van der Waals surface area contributed by atoms with Gasteiger partial charge < -0.3 is 10.7 Å². The lowest BCUT2D eigenvalue weighted by molar-refractivity contribution is 0.579. The maximum atomic E-state index is 12.3. The van der Waals surface area contributed by atoms with Crippen molar-refractivity contribution in [2.24, 2.45) is 5.73 Å². The molecule has 8 heteroatoms. The minimum Gasteiger partial charge on any atom is -0.389 e. The normalized spacial score (nSPS) is 11.4. The molecule has 2 aromatic rings. The van der Waals surface area contributed by atoms with E-state index in [1.165, 1.54) is 6.07 Å². The standard InChI is InChI=1S/C12H14N4O2S2/c1-8-2-3-9(12(13)19)6-10(8)20(17,18)16-7-11-14-4-5-15-11/h2-6,16H,7H2,1H3,(H2,13,19)(H,14,15). The van der Waals surface area contributed by atoms with Gasteiger partial charge in [-0.05, 0) is 18.6 Å². The lowest BCUT2D eigenvalue weighted by Crippen LogP contribution is -2.25. The predicted molar refractivity (Wildman–Crippen MR) is 79.7 cm³/mol. The summed E-state index contributed by atoms with van der Waals surface area (Å²) in [5, 5.41) is 0. The summed E-state index contributed by atoms with van der Waals surface area (Å²) in [6.07, 6.45) is 3.19. The smallest absolute Gasteiger partial charge is 0.241 e. The Morgan fingerprint density at radius 3 is 2.85 bits per heavy atom. The van der Waals surface area contributed by atoms with E-state index < -0.39 is 10.0 Å². The number of nitrogens with two attached hydrogens (primary N) is 1. The van der Waals surface area contributed by atoms with Crippen LogP contribution in [-0.4, -0.2) is 23.4 Å². The van der Waals surface area contributed by atoms with E-state index in [-0.39, 0.29) is 16.4 Å². The SMILES string of the molecule is Cc1ccc(C(N)=S)cc1S(=O)(=O)NCc1ncc[nH]1. The highest BCUT2D eigenvalue weighted by atomic mass is 32.2. The first-order valence-corrected chi connectivity index (χ1v) is 7.67. The van der Waals surface area contributed by atoms with Crippen molar-refractivity contribution in [3.63, 3.8) is 0 Å². The number of aromatic nitrogens is 2. The van der Waals surface area contributed by atoms with Gasteiger partial charge in [0.15, 0.2) is 0 Å². The Morgan fingerprint density at radius 2 is 2.25 bits per heavy atom. The number of thiocarbonyl (C=S) groups is 1. The van der Waals surface area contributed by atoms with E-state index in [0.29, 0.717) is 17.0 Å². The number of aromatic amines is 1. The van der Waals surface area contributed by atoms with Gasteiger partial charge in [0.2, 0.25) is 10.0 Å². The minimum atomic E-state index is -3.65. The number of sulfonamides is 1. The molecule has 0 saturated heterocycles. The molecule has 0 aliphatic carbocycles. The molecule has 0 aliphatic rings. The molecule has 0 bridgehead atoms. The van der Waals surface area contributed by atoms with Crippen LogP contribution in [0, 0.1) is 6.92 Å². The van der Waals surface area contributed by atoms with Crippen molar-refractivity contribution in [1.82, 2.24) is 14.7 Å². The van der Waals surface area contributed by atoms with Gasteiger partial charge in [0.05, 0.1) is 11.4 Å². The van der Waals surface area contributed by atoms with Gasteiger partial charge in [-0.15, -0.1) is 0 Å². The van der Waals surface area contributed by atoms with Crippen molar-refractivity contribution in [3.05, 3.63) is 47.5 Å². The second-order valence-corrected chi connectivity index (χ2v) is 6.38. The van der Waals surface area contributed by atoms with E-state index in [0.717, 1.165) is 0 Å². The van der Waals surface area contributed by atoms with Crippen molar-refractivity contribution in [2.75, 3.05) is 0 Å². The summed E-state index contributed by atoms with van der Waals surface area (Å²) in [7, 11) is -3.65. The zero-order valence-electron chi connectivity index (χ0n) is 10.8. The number of aryl methyl sites for hydroxylation is 1. The van der Waals surface area contributed by atoms with E-state index in [1.54, 1.807) is 31.5 Å². The molecule has 20 heavy (non-hydrogen) atoms. The molecular weight excluding hydrogens is 296 g/mol. The molecule has 2 rings (SSSR count). The van der Waals surface area contributed by atoms with Crippen molar-refractivity contribution >= 4 is 27.2 Å². The maximum Gasteiger partial charge on any atom is 0.241 e. The number of hydrogen-bond acceptors (Lipinski definition) is 4. The van der Waals surface area contributed by atoms with E-state index >= 15 is 0 Å². The Kier molecular flexibility index (Phi) is 4.17. The summed E-state index contributed by atoms with van der Waals surface area (Å²) in [5.74, 6) is 0.539. The molecule has 0 radical (unpaired) electrons. The van der Waals surface area contributed by atoms with Crippen LogP contribution < -0.4 is 10.5 Å². The number of imidazole rings is 1. The third kappa shape index (κ3) is 3.21. The van der Waals surface area contributed by atoms with Gasteiger partial charge in [0, 0.05) is 18.0 Å². The topological polar surface area (TPSA) is 101 Å². The van der Waals surface area contributed by atoms with Crippen LogP contribution in [-0.2, 0) is 16.6 Å². The van der Waals surface area contributed by atoms with Crippen LogP contribution in [0.15, 0.2) is 35.5 Å².